The highest BCUT2D eigenvalue weighted by molar-refractivity contribution is 6.03. The molecular weight excluding hydrogens is 228 g/mol. The molecule has 0 saturated heterocycles. The van der Waals surface area contributed by atoms with Crippen LogP contribution in [0.3, 0.4) is 0 Å². The molecule has 2 rings (SSSR count). The average molecular weight is 244 g/mol. The Morgan fingerprint density at radius 3 is 2.61 bits per heavy atom. The lowest BCUT2D eigenvalue weighted by atomic mass is 10.2. The fourth-order valence-electron chi connectivity index (χ4n) is 1.78. The molecule has 0 bridgehead atoms. The minimum Gasteiger partial charge on any atom is -0.392 e. The number of benzene rings is 1. The quantitative estimate of drug-likeness (QED) is 0.866. The van der Waals surface area contributed by atoms with Crippen molar-refractivity contribution in [2.24, 2.45) is 0 Å². The molecule has 0 fully saturated rings. The van der Waals surface area contributed by atoms with Gasteiger partial charge < -0.3 is 15.0 Å². The summed E-state index contributed by atoms with van der Waals surface area (Å²) in [6.07, 6.45) is 1.88. The average Bonchev–Trinajstić information content (AvgIpc) is 2.88. The third-order valence-electron chi connectivity index (χ3n) is 2.80. The number of aryl methyl sites for hydroxylation is 1. The zero-order valence-electron chi connectivity index (χ0n) is 10.3. The van der Waals surface area contributed by atoms with Gasteiger partial charge in [-0.3, -0.25) is 4.79 Å². The SMILES string of the molecule is CCn1cccc1C(=O)Nc1ccc(CO)cc1. The number of rotatable bonds is 4. The number of nitrogens with zero attached hydrogens (tertiary/aromatic N) is 1. The molecule has 4 heteroatoms. The van der Waals surface area contributed by atoms with Crippen LogP contribution in [-0.2, 0) is 13.2 Å². The van der Waals surface area contributed by atoms with E-state index in [0.29, 0.717) is 5.69 Å². The fraction of sp³-hybridized carbons (Fsp3) is 0.214. The predicted octanol–water partition coefficient (Wildman–Crippen LogP) is 2.25. The largest absolute Gasteiger partial charge is 0.392 e. The van der Waals surface area contributed by atoms with Crippen LogP contribution in [0.25, 0.3) is 0 Å². The van der Waals surface area contributed by atoms with Crippen molar-refractivity contribution in [3.05, 3.63) is 53.9 Å². The molecule has 1 aromatic heterocycles. The lowest BCUT2D eigenvalue weighted by Crippen LogP contribution is -2.16. The van der Waals surface area contributed by atoms with Crippen molar-refractivity contribution in [2.45, 2.75) is 20.1 Å². The van der Waals surface area contributed by atoms with Gasteiger partial charge in [-0.2, -0.15) is 0 Å². The summed E-state index contributed by atoms with van der Waals surface area (Å²) in [7, 11) is 0. The van der Waals surface area contributed by atoms with Gasteiger partial charge in [0.25, 0.3) is 5.91 Å². The van der Waals surface area contributed by atoms with Crippen LogP contribution in [0.15, 0.2) is 42.6 Å². The monoisotopic (exact) mass is 244 g/mol. The van der Waals surface area contributed by atoms with Crippen LogP contribution in [0.4, 0.5) is 5.69 Å². The molecule has 94 valence electrons. The first kappa shape index (κ1) is 12.4. The zero-order valence-corrected chi connectivity index (χ0v) is 10.3. The third-order valence-corrected chi connectivity index (χ3v) is 2.80. The van der Waals surface area contributed by atoms with Crippen LogP contribution >= 0.6 is 0 Å². The number of nitrogens with one attached hydrogen (secondary N) is 1. The number of hydrogen-bond acceptors (Lipinski definition) is 2. The van der Waals surface area contributed by atoms with E-state index in [9.17, 15) is 4.79 Å². The Bertz CT molecular complexity index is 529. The van der Waals surface area contributed by atoms with Gasteiger partial charge in [0.2, 0.25) is 0 Å². The van der Waals surface area contributed by atoms with Gasteiger partial charge in [-0.25, -0.2) is 0 Å². The van der Waals surface area contributed by atoms with Crippen LogP contribution in [0.2, 0.25) is 0 Å². The predicted molar refractivity (Wildman–Crippen MR) is 70.4 cm³/mol. The number of hydrogen-bond donors (Lipinski definition) is 2. The fourth-order valence-corrected chi connectivity index (χ4v) is 1.78. The van der Waals surface area contributed by atoms with Gasteiger partial charge in [-0.05, 0) is 36.8 Å². The van der Waals surface area contributed by atoms with Crippen molar-refractivity contribution in [3.8, 4) is 0 Å². The maximum absolute atomic E-state index is 12.0. The first-order chi connectivity index (χ1) is 8.74. The smallest absolute Gasteiger partial charge is 0.272 e. The summed E-state index contributed by atoms with van der Waals surface area (Å²) in [5.74, 6) is -0.126. The molecule has 0 saturated carbocycles. The van der Waals surface area contributed by atoms with E-state index in [1.165, 1.54) is 0 Å². The second kappa shape index (κ2) is 5.51. The van der Waals surface area contributed by atoms with Crippen molar-refractivity contribution in [1.82, 2.24) is 4.57 Å². The molecule has 0 spiro atoms. The van der Waals surface area contributed by atoms with Crippen LogP contribution in [0, 0.1) is 0 Å². The van der Waals surface area contributed by atoms with Crippen molar-refractivity contribution < 1.29 is 9.90 Å². The first-order valence-electron chi connectivity index (χ1n) is 5.91. The summed E-state index contributed by atoms with van der Waals surface area (Å²) in [6.45, 7) is 2.76. The summed E-state index contributed by atoms with van der Waals surface area (Å²) in [5.41, 5.74) is 2.19. The van der Waals surface area contributed by atoms with Crippen LogP contribution in [0.1, 0.15) is 23.0 Å². The molecular formula is C14H16N2O2. The minimum atomic E-state index is -0.126. The maximum atomic E-state index is 12.0. The molecule has 0 aliphatic rings. The summed E-state index contributed by atoms with van der Waals surface area (Å²) >= 11 is 0. The van der Waals surface area contributed by atoms with E-state index in [2.05, 4.69) is 5.32 Å². The number of anilines is 1. The summed E-state index contributed by atoms with van der Waals surface area (Å²) in [5, 5.41) is 11.8. The lowest BCUT2D eigenvalue weighted by Gasteiger charge is -2.08. The van der Waals surface area contributed by atoms with Gasteiger partial charge in [0.15, 0.2) is 0 Å². The van der Waals surface area contributed by atoms with E-state index in [1.54, 1.807) is 30.3 Å². The number of carbonyl (C=O) groups excluding carboxylic acids is 1. The standard InChI is InChI=1S/C14H16N2O2/c1-2-16-9-3-4-13(16)14(18)15-12-7-5-11(10-17)6-8-12/h3-9,17H,2,10H2,1H3,(H,15,18). The highest BCUT2D eigenvalue weighted by Crippen LogP contribution is 2.12. The van der Waals surface area contributed by atoms with E-state index < -0.39 is 0 Å². The molecule has 4 nitrogen and oxygen atoms in total. The van der Waals surface area contributed by atoms with Crippen LogP contribution in [-0.4, -0.2) is 15.6 Å². The molecule has 2 aromatic rings. The molecule has 0 aliphatic carbocycles. The van der Waals surface area contributed by atoms with Gasteiger partial charge in [0.05, 0.1) is 6.61 Å². The normalized spacial score (nSPS) is 10.3. The van der Waals surface area contributed by atoms with Crippen molar-refractivity contribution in [2.75, 3.05) is 5.32 Å². The van der Waals surface area contributed by atoms with E-state index in [0.717, 1.165) is 17.8 Å². The Hall–Kier alpha value is -2.07. The maximum Gasteiger partial charge on any atom is 0.272 e. The Labute approximate surface area is 106 Å². The van der Waals surface area contributed by atoms with E-state index >= 15 is 0 Å². The van der Waals surface area contributed by atoms with Gasteiger partial charge in [-0.1, -0.05) is 12.1 Å². The van der Waals surface area contributed by atoms with Crippen molar-refractivity contribution >= 4 is 11.6 Å². The zero-order chi connectivity index (χ0) is 13.0. The Morgan fingerprint density at radius 1 is 1.28 bits per heavy atom. The van der Waals surface area contributed by atoms with Crippen LogP contribution in [0.5, 0.6) is 0 Å². The summed E-state index contributed by atoms with van der Waals surface area (Å²) in [4.78, 5) is 12.0. The van der Waals surface area contributed by atoms with Gasteiger partial charge in [0.1, 0.15) is 5.69 Å². The van der Waals surface area contributed by atoms with Gasteiger partial charge in [-0.15, -0.1) is 0 Å². The van der Waals surface area contributed by atoms with Crippen molar-refractivity contribution in [3.63, 3.8) is 0 Å². The molecule has 1 aromatic carbocycles. The lowest BCUT2D eigenvalue weighted by molar-refractivity contribution is 0.101. The number of aromatic nitrogens is 1. The Balaban J connectivity index is 2.11. The summed E-state index contributed by atoms with van der Waals surface area (Å²) < 4.78 is 1.89. The number of amides is 1. The van der Waals surface area contributed by atoms with E-state index in [4.69, 9.17) is 5.11 Å². The molecule has 2 N–H and O–H groups in total. The van der Waals surface area contributed by atoms with Crippen LogP contribution < -0.4 is 5.32 Å². The molecule has 1 amide bonds. The molecule has 0 aliphatic heterocycles. The topological polar surface area (TPSA) is 54.3 Å². The molecule has 18 heavy (non-hydrogen) atoms. The molecule has 0 radical (unpaired) electrons. The highest BCUT2D eigenvalue weighted by atomic mass is 16.3. The molecule has 1 heterocycles. The second-order valence-corrected chi connectivity index (χ2v) is 3.99. The van der Waals surface area contributed by atoms with Gasteiger partial charge in [0, 0.05) is 18.4 Å². The Kier molecular flexibility index (Phi) is 3.79. The first-order valence-corrected chi connectivity index (χ1v) is 5.91. The van der Waals surface area contributed by atoms with E-state index in [1.807, 2.05) is 23.8 Å². The Morgan fingerprint density at radius 2 is 2.00 bits per heavy atom. The third kappa shape index (κ3) is 2.60. The number of carbonyl (C=O) groups is 1. The highest BCUT2D eigenvalue weighted by Gasteiger charge is 2.09. The second-order valence-electron chi connectivity index (χ2n) is 3.99. The van der Waals surface area contributed by atoms with Crippen molar-refractivity contribution in [1.29, 1.82) is 0 Å². The minimum absolute atomic E-state index is 0.00686. The van der Waals surface area contributed by atoms with E-state index in [-0.39, 0.29) is 12.5 Å². The van der Waals surface area contributed by atoms with Gasteiger partial charge >= 0.3 is 0 Å². The number of aliphatic hydroxyl groups is 1. The molecule has 0 atom stereocenters. The number of aliphatic hydroxyl groups excluding tert-OH is 1. The summed E-state index contributed by atoms with van der Waals surface area (Å²) in [6, 6.07) is 10.8. The molecule has 0 unspecified atom stereocenters.